The lowest BCUT2D eigenvalue weighted by Crippen LogP contribution is -2.48. The molecule has 1 aromatic carbocycles. The van der Waals surface area contributed by atoms with Crippen LogP contribution in [0.25, 0.3) is 0 Å². The number of imidazole rings is 1. The zero-order chi connectivity index (χ0) is 21.3. The Kier molecular flexibility index (Phi) is 5.95. The molecule has 2 saturated heterocycles. The second kappa shape index (κ2) is 8.49. The van der Waals surface area contributed by atoms with Crippen molar-refractivity contribution in [3.05, 3.63) is 48.5 Å². The zero-order valence-electron chi connectivity index (χ0n) is 17.3. The maximum atomic E-state index is 13.1. The van der Waals surface area contributed by atoms with E-state index in [1.54, 1.807) is 29.3 Å². The van der Waals surface area contributed by atoms with Crippen LogP contribution in [-0.2, 0) is 14.8 Å². The molecule has 1 amide bonds. The Hall–Kier alpha value is -2.23. The normalized spacial score (nSPS) is 24.1. The summed E-state index contributed by atoms with van der Waals surface area (Å²) in [5, 5.41) is 0. The molecule has 4 rings (SSSR count). The van der Waals surface area contributed by atoms with Gasteiger partial charge in [-0.2, -0.15) is 4.31 Å². The number of benzene rings is 1. The van der Waals surface area contributed by atoms with Gasteiger partial charge in [-0.3, -0.25) is 4.79 Å². The number of rotatable bonds is 4. The number of amides is 1. The number of aromatic nitrogens is 2. The van der Waals surface area contributed by atoms with Gasteiger partial charge in [0.1, 0.15) is 0 Å². The highest BCUT2D eigenvalue weighted by atomic mass is 32.2. The van der Waals surface area contributed by atoms with Gasteiger partial charge in [-0.25, -0.2) is 13.4 Å². The first-order valence-corrected chi connectivity index (χ1v) is 11.8. The van der Waals surface area contributed by atoms with E-state index in [4.69, 9.17) is 4.74 Å². The Balaban J connectivity index is 1.47. The predicted molar refractivity (Wildman–Crippen MR) is 112 cm³/mol. The van der Waals surface area contributed by atoms with Crippen molar-refractivity contribution in [3.8, 4) is 0 Å². The van der Waals surface area contributed by atoms with Crippen LogP contribution in [0.15, 0.2) is 47.9 Å². The van der Waals surface area contributed by atoms with Crippen molar-refractivity contribution < 1.29 is 17.9 Å². The molecular weight excluding hydrogens is 404 g/mol. The Morgan fingerprint density at radius 3 is 2.47 bits per heavy atom. The summed E-state index contributed by atoms with van der Waals surface area (Å²) < 4.78 is 35.5. The first-order valence-electron chi connectivity index (χ1n) is 10.4. The molecular formula is C21H28N4O4S. The SMILES string of the molecule is CC1CN(S(=O)(=O)c2cccc(C(=O)N3CCC(n4ccnc4)CC3)c2)CC(C)O1. The number of morpholine rings is 1. The molecule has 3 heterocycles. The number of hydrogen-bond acceptors (Lipinski definition) is 5. The molecule has 0 aliphatic carbocycles. The summed E-state index contributed by atoms with van der Waals surface area (Å²) in [6.45, 7) is 5.63. The van der Waals surface area contributed by atoms with Crippen molar-refractivity contribution in [2.45, 2.75) is 49.8 Å². The standard InChI is InChI=1S/C21H28N4O4S/c1-16-13-25(14-17(2)29-16)30(27,28)20-5-3-4-18(12-20)21(26)23-9-6-19(7-10-23)24-11-8-22-15-24/h3-5,8,11-12,15-17,19H,6-7,9-10,13-14H2,1-2H3. The lowest BCUT2D eigenvalue weighted by atomic mass is 10.0. The molecule has 2 aliphatic heterocycles. The molecule has 0 spiro atoms. The Morgan fingerprint density at radius 1 is 1.13 bits per heavy atom. The first-order chi connectivity index (χ1) is 14.3. The highest BCUT2D eigenvalue weighted by molar-refractivity contribution is 7.89. The molecule has 0 radical (unpaired) electrons. The first kappa shape index (κ1) is 21.0. The van der Waals surface area contributed by atoms with Gasteiger partial charge >= 0.3 is 0 Å². The fourth-order valence-corrected chi connectivity index (χ4v) is 5.94. The molecule has 1 aromatic heterocycles. The van der Waals surface area contributed by atoms with Crippen molar-refractivity contribution in [3.63, 3.8) is 0 Å². The van der Waals surface area contributed by atoms with Gasteiger partial charge in [0.25, 0.3) is 5.91 Å². The maximum absolute atomic E-state index is 13.1. The Bertz CT molecular complexity index is 974. The highest BCUT2D eigenvalue weighted by Crippen LogP contribution is 2.25. The largest absolute Gasteiger partial charge is 0.373 e. The average molecular weight is 433 g/mol. The third-order valence-corrected chi connectivity index (χ3v) is 7.63. The van der Waals surface area contributed by atoms with Crippen molar-refractivity contribution in [2.24, 2.45) is 0 Å². The summed E-state index contributed by atoms with van der Waals surface area (Å²) >= 11 is 0. The number of nitrogens with zero attached hydrogens (tertiary/aromatic N) is 4. The van der Waals surface area contributed by atoms with Gasteiger partial charge < -0.3 is 14.2 Å². The number of carbonyl (C=O) groups is 1. The number of sulfonamides is 1. The summed E-state index contributed by atoms with van der Waals surface area (Å²) in [5.74, 6) is -0.125. The van der Waals surface area contributed by atoms with E-state index in [-0.39, 0.29) is 23.0 Å². The van der Waals surface area contributed by atoms with Gasteiger partial charge in [0.15, 0.2) is 0 Å². The van der Waals surface area contributed by atoms with E-state index < -0.39 is 10.0 Å². The van der Waals surface area contributed by atoms with Crippen LogP contribution in [0, 0.1) is 0 Å². The topological polar surface area (TPSA) is 84.7 Å². The summed E-state index contributed by atoms with van der Waals surface area (Å²) in [6.07, 6.45) is 6.90. The summed E-state index contributed by atoms with van der Waals surface area (Å²) in [6, 6.07) is 6.74. The van der Waals surface area contributed by atoms with Crippen LogP contribution in [-0.4, -0.2) is 71.5 Å². The third-order valence-electron chi connectivity index (χ3n) is 5.80. The van der Waals surface area contributed by atoms with E-state index in [1.807, 2.05) is 26.4 Å². The number of hydrogen-bond donors (Lipinski definition) is 0. The minimum Gasteiger partial charge on any atom is -0.373 e. The van der Waals surface area contributed by atoms with E-state index in [1.165, 1.54) is 10.4 Å². The van der Waals surface area contributed by atoms with Gasteiger partial charge in [-0.1, -0.05) is 6.07 Å². The molecule has 0 bridgehead atoms. The van der Waals surface area contributed by atoms with Gasteiger partial charge in [0.2, 0.25) is 10.0 Å². The molecule has 0 saturated carbocycles. The molecule has 2 aromatic rings. The van der Waals surface area contributed by atoms with E-state index >= 15 is 0 Å². The third kappa shape index (κ3) is 4.28. The molecule has 30 heavy (non-hydrogen) atoms. The number of ether oxygens (including phenoxy) is 1. The smallest absolute Gasteiger partial charge is 0.253 e. The molecule has 8 nitrogen and oxygen atoms in total. The van der Waals surface area contributed by atoms with E-state index in [2.05, 4.69) is 9.55 Å². The van der Waals surface area contributed by atoms with E-state index in [9.17, 15) is 13.2 Å². The number of carbonyl (C=O) groups excluding carboxylic acids is 1. The monoisotopic (exact) mass is 432 g/mol. The highest BCUT2D eigenvalue weighted by Gasteiger charge is 2.33. The molecule has 9 heteroatoms. The zero-order valence-corrected chi connectivity index (χ0v) is 18.2. The molecule has 0 N–H and O–H groups in total. The number of likely N-dealkylation sites (tertiary alicyclic amines) is 1. The van der Waals surface area contributed by atoms with Crippen LogP contribution < -0.4 is 0 Å². The van der Waals surface area contributed by atoms with Gasteiger partial charge in [-0.15, -0.1) is 0 Å². The van der Waals surface area contributed by atoms with Crippen LogP contribution in [0.1, 0.15) is 43.1 Å². The molecule has 162 valence electrons. The number of piperidine rings is 1. The van der Waals surface area contributed by atoms with Crippen LogP contribution in [0.4, 0.5) is 0 Å². The van der Waals surface area contributed by atoms with Gasteiger partial charge in [0, 0.05) is 50.2 Å². The van der Waals surface area contributed by atoms with E-state index in [0.29, 0.717) is 37.8 Å². The van der Waals surface area contributed by atoms with Crippen molar-refractivity contribution >= 4 is 15.9 Å². The van der Waals surface area contributed by atoms with Crippen LogP contribution in [0.2, 0.25) is 0 Å². The fourth-order valence-electron chi connectivity index (χ4n) is 4.30. The Labute approximate surface area is 177 Å². The van der Waals surface area contributed by atoms with Crippen molar-refractivity contribution in [1.29, 1.82) is 0 Å². The van der Waals surface area contributed by atoms with E-state index in [0.717, 1.165) is 12.8 Å². The summed E-state index contributed by atoms with van der Waals surface area (Å²) in [4.78, 5) is 19.1. The molecule has 2 unspecified atom stereocenters. The lowest BCUT2D eigenvalue weighted by molar-refractivity contribution is -0.0440. The van der Waals surface area contributed by atoms with Crippen molar-refractivity contribution in [2.75, 3.05) is 26.2 Å². The predicted octanol–water partition coefficient (Wildman–Crippen LogP) is 2.16. The second-order valence-corrected chi connectivity index (χ2v) is 10.1. The second-order valence-electron chi connectivity index (χ2n) is 8.14. The summed E-state index contributed by atoms with van der Waals surface area (Å²) in [5.41, 5.74) is 0.409. The molecule has 2 fully saturated rings. The quantitative estimate of drug-likeness (QED) is 0.739. The Morgan fingerprint density at radius 2 is 1.83 bits per heavy atom. The van der Waals surface area contributed by atoms with Crippen molar-refractivity contribution in [1.82, 2.24) is 18.8 Å². The van der Waals surface area contributed by atoms with Crippen LogP contribution in [0.5, 0.6) is 0 Å². The van der Waals surface area contributed by atoms with Gasteiger partial charge in [-0.05, 0) is 44.9 Å². The fraction of sp³-hybridized carbons (Fsp3) is 0.524. The van der Waals surface area contributed by atoms with Gasteiger partial charge in [0.05, 0.1) is 23.4 Å². The lowest BCUT2D eigenvalue weighted by Gasteiger charge is -2.34. The average Bonchev–Trinajstić information content (AvgIpc) is 3.28. The minimum atomic E-state index is -3.68. The molecule has 2 atom stereocenters. The van der Waals surface area contributed by atoms with Crippen LogP contribution >= 0.6 is 0 Å². The summed E-state index contributed by atoms with van der Waals surface area (Å²) in [7, 11) is -3.68. The van der Waals surface area contributed by atoms with Crippen LogP contribution in [0.3, 0.4) is 0 Å². The molecule has 2 aliphatic rings. The minimum absolute atomic E-state index is 0.125. The maximum Gasteiger partial charge on any atom is 0.253 e.